The molecule has 0 aliphatic heterocycles. The first kappa shape index (κ1) is 38.2. The smallest absolute Gasteiger partial charge is 0.120 e. The molecule has 0 aromatic heterocycles. The third-order valence-corrected chi connectivity index (χ3v) is 3.60. The molecule has 164 valence electrons. The minimum absolute atomic E-state index is 0. The number of phenolic OH excluding ortho intramolecular Hbond substituents is 1. The van der Waals surface area contributed by atoms with Gasteiger partial charge in [0.25, 0.3) is 0 Å². The number of hydrogen-bond acceptors (Lipinski definition) is 2. The van der Waals surface area contributed by atoms with Crippen LogP contribution in [0.15, 0.2) is 42.5 Å². The first-order valence-electron chi connectivity index (χ1n) is 10.1. The van der Waals surface area contributed by atoms with Gasteiger partial charge in [-0.2, -0.15) is 0 Å². The second kappa shape index (κ2) is 18.4. The minimum atomic E-state index is -0.186. The number of hydrogen-bond donors (Lipinski definition) is 1. The monoisotopic (exact) mass is 734 g/mol. The Hall–Kier alpha value is 0.936. The molecule has 0 bridgehead atoms. The summed E-state index contributed by atoms with van der Waals surface area (Å²) in [5.41, 5.74) is 3.32. The molecule has 2 nitrogen and oxygen atoms in total. The van der Waals surface area contributed by atoms with E-state index in [1.54, 1.807) is 0 Å². The fourth-order valence-corrected chi connectivity index (χ4v) is 2.47. The van der Waals surface area contributed by atoms with Crippen LogP contribution in [0.25, 0.3) is 0 Å². The molecular weight excluding hydrogens is 694 g/mol. The van der Waals surface area contributed by atoms with Crippen LogP contribution >= 0.6 is 0 Å². The Morgan fingerprint density at radius 1 is 0.733 bits per heavy atom. The van der Waals surface area contributed by atoms with Gasteiger partial charge in [0.15, 0.2) is 0 Å². The maximum Gasteiger partial charge on any atom is 0.120 e. The molecule has 5 heteroatoms. The van der Waals surface area contributed by atoms with E-state index in [1.165, 1.54) is 5.56 Å². The van der Waals surface area contributed by atoms with Crippen LogP contribution in [0.2, 0.25) is 0 Å². The minimum Gasteiger partial charge on any atom is -0.508 e. The Kier molecular flexibility index (Phi) is 23.4. The van der Waals surface area contributed by atoms with Crippen LogP contribution in [-0.4, -0.2) is 10.7 Å². The van der Waals surface area contributed by atoms with E-state index < -0.39 is 0 Å². The molecule has 0 saturated carbocycles. The van der Waals surface area contributed by atoms with E-state index in [2.05, 4.69) is 39.0 Å². The first-order chi connectivity index (χ1) is 12.5. The number of rotatable bonds is 3. The van der Waals surface area contributed by atoms with Crippen molar-refractivity contribution in [3.8, 4) is 11.5 Å². The van der Waals surface area contributed by atoms with E-state index in [-0.39, 0.29) is 97.5 Å². The predicted molar refractivity (Wildman–Crippen MR) is 119 cm³/mol. The molecule has 2 aromatic carbocycles. The Labute approximate surface area is 250 Å². The molecule has 0 fully saturated rings. The maximum atomic E-state index is 9.99. The average molecular weight is 734 g/mol. The van der Waals surface area contributed by atoms with Crippen LogP contribution in [0.5, 0.6) is 11.5 Å². The summed E-state index contributed by atoms with van der Waals surface area (Å²) < 4.78 is 5.85. The summed E-state index contributed by atoms with van der Waals surface area (Å²) in [6.07, 6.45) is 0.799. The average Bonchev–Trinajstić information content (AvgIpc) is 2.58. The van der Waals surface area contributed by atoms with Crippen LogP contribution in [0.3, 0.4) is 0 Å². The number of benzene rings is 2. The van der Waals surface area contributed by atoms with Crippen LogP contribution in [0.1, 0.15) is 85.9 Å². The van der Waals surface area contributed by atoms with Crippen LogP contribution < -0.4 is 4.74 Å². The van der Waals surface area contributed by atoms with E-state index >= 15 is 0 Å². The molecular formula is C25H40O2WY2. The van der Waals surface area contributed by atoms with Gasteiger partial charge in [-0.1, -0.05) is 66.7 Å². The number of aromatic hydroxyl groups is 1. The van der Waals surface area contributed by atoms with E-state index in [1.807, 2.05) is 72.7 Å². The zero-order valence-electron chi connectivity index (χ0n) is 20.7. The molecule has 2 aromatic rings. The van der Waals surface area contributed by atoms with Crippen molar-refractivity contribution in [3.63, 3.8) is 0 Å². The molecule has 2 rings (SSSR count). The molecule has 30 heavy (non-hydrogen) atoms. The summed E-state index contributed by atoms with van der Waals surface area (Å²) in [7, 11) is 0. The third kappa shape index (κ3) is 15.7. The zero-order valence-corrected chi connectivity index (χ0v) is 29.3. The predicted octanol–water partition coefficient (Wildman–Crippen LogP) is 7.50. The molecule has 0 heterocycles. The summed E-state index contributed by atoms with van der Waals surface area (Å²) in [6, 6.07) is 14.1. The van der Waals surface area contributed by atoms with Gasteiger partial charge < -0.3 is 9.84 Å². The van der Waals surface area contributed by atoms with Crippen molar-refractivity contribution in [3.05, 3.63) is 59.2 Å². The van der Waals surface area contributed by atoms with E-state index in [0.717, 1.165) is 23.3 Å². The van der Waals surface area contributed by atoms with Crippen molar-refractivity contribution in [1.29, 1.82) is 0 Å². The first-order valence-corrected chi connectivity index (χ1v) is 10.1. The van der Waals surface area contributed by atoms with Crippen molar-refractivity contribution < 1.29 is 96.3 Å². The number of ether oxygens (including phenoxy) is 1. The van der Waals surface area contributed by atoms with Crippen molar-refractivity contribution in [1.82, 2.24) is 0 Å². The topological polar surface area (TPSA) is 29.5 Å². The molecule has 0 saturated heterocycles. The summed E-state index contributed by atoms with van der Waals surface area (Å²) >= 11 is 0. The molecule has 0 unspecified atom stereocenters. The molecule has 0 aliphatic rings. The molecule has 0 aliphatic carbocycles. The Morgan fingerprint density at radius 3 is 1.60 bits per heavy atom. The Morgan fingerprint density at radius 2 is 1.20 bits per heavy atom. The molecule has 2 radical (unpaired) electrons. The van der Waals surface area contributed by atoms with Gasteiger partial charge in [0.2, 0.25) is 0 Å². The standard InChI is InChI=1S/C21H28O2.2C2H6.W.2Y/c1-20(2,3)17-12-16(13-18(22)14-17)11-15-7-9-19(10-8-15)23-21(4,5)6;2*1-2;;;/h7-10,12-14,22H,11H2,1-6H3;2*1-2H3;;;. The Bertz CT molecular complexity index is 673. The summed E-state index contributed by atoms with van der Waals surface area (Å²) in [4.78, 5) is 0. The van der Waals surface area contributed by atoms with Gasteiger partial charge in [0.1, 0.15) is 17.1 Å². The normalized spacial score (nSPS) is 9.80. The van der Waals surface area contributed by atoms with Crippen molar-refractivity contribution in [2.24, 2.45) is 0 Å². The molecule has 0 amide bonds. The van der Waals surface area contributed by atoms with Gasteiger partial charge in [-0.15, -0.1) is 0 Å². The van der Waals surface area contributed by atoms with Gasteiger partial charge in [-0.3, -0.25) is 0 Å². The van der Waals surface area contributed by atoms with Crippen molar-refractivity contribution >= 4 is 0 Å². The molecule has 0 atom stereocenters. The maximum absolute atomic E-state index is 9.99. The molecule has 1 N–H and O–H groups in total. The van der Waals surface area contributed by atoms with Crippen LogP contribution in [0.4, 0.5) is 0 Å². The van der Waals surface area contributed by atoms with Gasteiger partial charge in [0.05, 0.1) is 0 Å². The van der Waals surface area contributed by atoms with Gasteiger partial charge >= 0.3 is 0 Å². The van der Waals surface area contributed by atoms with Crippen LogP contribution in [-0.2, 0) is 98.3 Å². The summed E-state index contributed by atoms with van der Waals surface area (Å²) in [5.74, 6) is 1.22. The Balaban J connectivity index is -0.000000455. The van der Waals surface area contributed by atoms with Crippen molar-refractivity contribution in [2.75, 3.05) is 0 Å². The van der Waals surface area contributed by atoms with E-state index in [0.29, 0.717) is 5.75 Å². The van der Waals surface area contributed by atoms with Gasteiger partial charge in [-0.05, 0) is 73.6 Å². The summed E-state index contributed by atoms with van der Waals surface area (Å²) in [5, 5.41) is 9.99. The second-order valence-corrected chi connectivity index (χ2v) is 8.17. The van der Waals surface area contributed by atoms with Crippen molar-refractivity contribution in [2.45, 2.75) is 86.7 Å². The van der Waals surface area contributed by atoms with E-state index in [9.17, 15) is 5.11 Å². The second-order valence-electron chi connectivity index (χ2n) is 8.17. The van der Waals surface area contributed by atoms with E-state index in [4.69, 9.17) is 4.74 Å². The largest absolute Gasteiger partial charge is 0.508 e. The van der Waals surface area contributed by atoms with Gasteiger partial charge in [0, 0.05) is 86.5 Å². The third-order valence-electron chi connectivity index (χ3n) is 3.60. The SMILES string of the molecule is CC.CC.CC(C)(C)Oc1ccc(Cc2cc(O)cc(C(C)(C)C)c2)cc1.[W].[Y].[Y]. The van der Waals surface area contributed by atoms with Crippen LogP contribution in [0, 0.1) is 0 Å². The zero-order chi connectivity index (χ0) is 21.3. The fourth-order valence-electron chi connectivity index (χ4n) is 2.47. The fraction of sp³-hybridized carbons (Fsp3) is 0.520. The number of phenols is 1. The summed E-state index contributed by atoms with van der Waals surface area (Å²) in [6.45, 7) is 20.6. The quantitative estimate of drug-likeness (QED) is 0.354. The van der Waals surface area contributed by atoms with Gasteiger partial charge in [-0.25, -0.2) is 0 Å². The molecule has 0 spiro atoms.